The summed E-state index contributed by atoms with van der Waals surface area (Å²) in [5, 5.41) is 0. The van der Waals surface area contributed by atoms with Crippen LogP contribution in [0.5, 0.6) is 0 Å². The monoisotopic (exact) mass is 887 g/mol. The highest BCUT2D eigenvalue weighted by Gasteiger charge is 2.19. The van der Waals surface area contributed by atoms with E-state index in [1.165, 1.54) is 44.9 Å². The normalized spacial score (nSPS) is 13.0. The molecule has 1 atom stereocenters. The van der Waals surface area contributed by atoms with E-state index >= 15 is 0 Å². The van der Waals surface area contributed by atoms with Crippen molar-refractivity contribution in [2.75, 3.05) is 13.2 Å². The van der Waals surface area contributed by atoms with Gasteiger partial charge in [0.25, 0.3) is 0 Å². The van der Waals surface area contributed by atoms with Gasteiger partial charge in [0, 0.05) is 19.3 Å². The number of hydrogen-bond acceptors (Lipinski definition) is 6. The van der Waals surface area contributed by atoms with Gasteiger partial charge < -0.3 is 14.2 Å². The first kappa shape index (κ1) is 60.1. The molecule has 0 radical (unpaired) electrons. The molecule has 0 aliphatic heterocycles. The number of allylic oxidation sites excluding steroid dienone is 18. The fourth-order valence-electron chi connectivity index (χ4n) is 6.74. The average molecular weight is 887 g/mol. The predicted octanol–water partition coefficient (Wildman–Crippen LogP) is 17.1. The highest BCUT2D eigenvalue weighted by Crippen LogP contribution is 2.13. The second-order valence-electron chi connectivity index (χ2n) is 16.8. The van der Waals surface area contributed by atoms with Crippen LogP contribution < -0.4 is 0 Å². The Morgan fingerprint density at radius 3 is 1.09 bits per heavy atom. The van der Waals surface area contributed by atoms with E-state index in [2.05, 4.69) is 130 Å². The third kappa shape index (κ3) is 49.1. The zero-order valence-corrected chi connectivity index (χ0v) is 41.3. The van der Waals surface area contributed by atoms with Crippen LogP contribution in [0.2, 0.25) is 0 Å². The number of unbranched alkanes of at least 4 members (excludes halogenated alkanes) is 19. The van der Waals surface area contributed by atoms with Crippen LogP contribution in [-0.4, -0.2) is 37.2 Å². The van der Waals surface area contributed by atoms with Crippen molar-refractivity contribution in [2.24, 2.45) is 0 Å². The van der Waals surface area contributed by atoms with Crippen LogP contribution in [0.3, 0.4) is 0 Å². The number of rotatable bonds is 45. The first-order chi connectivity index (χ1) is 31.5. The van der Waals surface area contributed by atoms with Gasteiger partial charge in [-0.2, -0.15) is 0 Å². The van der Waals surface area contributed by atoms with Gasteiger partial charge in [-0.25, -0.2) is 0 Å². The summed E-state index contributed by atoms with van der Waals surface area (Å²) in [7, 11) is 0. The molecule has 0 bridgehead atoms. The molecule has 0 aromatic heterocycles. The third-order valence-corrected chi connectivity index (χ3v) is 10.6. The second-order valence-corrected chi connectivity index (χ2v) is 16.8. The van der Waals surface area contributed by atoms with Crippen molar-refractivity contribution in [1.82, 2.24) is 0 Å². The molecule has 0 saturated heterocycles. The summed E-state index contributed by atoms with van der Waals surface area (Å²) < 4.78 is 16.8. The Kier molecular flexibility index (Phi) is 48.5. The van der Waals surface area contributed by atoms with Gasteiger partial charge in [-0.3, -0.25) is 14.4 Å². The predicted molar refractivity (Wildman–Crippen MR) is 274 cm³/mol. The van der Waals surface area contributed by atoms with Crippen molar-refractivity contribution < 1.29 is 28.6 Å². The van der Waals surface area contributed by atoms with E-state index in [9.17, 15) is 14.4 Å². The van der Waals surface area contributed by atoms with Crippen molar-refractivity contribution in [3.8, 4) is 0 Å². The van der Waals surface area contributed by atoms with E-state index in [1.54, 1.807) is 0 Å². The largest absolute Gasteiger partial charge is 0.462 e. The molecule has 1 unspecified atom stereocenters. The van der Waals surface area contributed by atoms with Gasteiger partial charge in [0.05, 0.1) is 0 Å². The minimum atomic E-state index is -0.805. The standard InChI is InChI=1S/C58H94O6/c1-4-7-10-13-16-19-22-25-28-29-30-31-34-36-39-42-45-48-51-57(60)63-54-55(64-58(61)52-49-46-43-40-37-33-27-24-21-18-15-12-9-6-3)53-62-56(59)50-47-44-41-38-35-32-26-23-20-17-14-11-8-5-2/h8-9,11-12,16-22,25,27-31,33,55H,4-7,10,13-15,23-24,26,32,34-54H2,1-3H3/b11-8-,12-9-,19-16-,20-17-,21-18-,25-22-,29-28-,31-30-,33-27-. The highest BCUT2D eigenvalue weighted by molar-refractivity contribution is 5.71. The summed E-state index contributed by atoms with van der Waals surface area (Å²) in [6.45, 7) is 6.32. The van der Waals surface area contributed by atoms with Gasteiger partial charge in [0.2, 0.25) is 0 Å². The third-order valence-electron chi connectivity index (χ3n) is 10.6. The van der Waals surface area contributed by atoms with Crippen LogP contribution in [0.1, 0.15) is 220 Å². The van der Waals surface area contributed by atoms with Crippen molar-refractivity contribution in [2.45, 2.75) is 226 Å². The molecule has 0 heterocycles. The summed E-state index contributed by atoms with van der Waals surface area (Å²) in [4.78, 5) is 38.0. The van der Waals surface area contributed by atoms with Crippen molar-refractivity contribution >= 4 is 17.9 Å². The summed E-state index contributed by atoms with van der Waals surface area (Å²) in [6.07, 6.45) is 69.2. The Bertz CT molecular complexity index is 1340. The van der Waals surface area contributed by atoms with Crippen LogP contribution in [0.15, 0.2) is 109 Å². The lowest BCUT2D eigenvalue weighted by molar-refractivity contribution is -0.167. The molecular weight excluding hydrogens is 793 g/mol. The van der Waals surface area contributed by atoms with Gasteiger partial charge in [0.1, 0.15) is 13.2 Å². The lowest BCUT2D eigenvalue weighted by atomic mass is 10.1. The lowest BCUT2D eigenvalue weighted by Crippen LogP contribution is -2.30. The number of esters is 3. The van der Waals surface area contributed by atoms with Crippen LogP contribution in [0.25, 0.3) is 0 Å². The molecule has 0 saturated carbocycles. The average Bonchev–Trinajstić information content (AvgIpc) is 3.29. The summed E-state index contributed by atoms with van der Waals surface area (Å²) in [5.74, 6) is -0.960. The molecule has 0 N–H and O–H groups in total. The molecule has 362 valence electrons. The molecular formula is C58H94O6. The van der Waals surface area contributed by atoms with E-state index in [0.717, 1.165) is 135 Å². The topological polar surface area (TPSA) is 78.9 Å². The fraction of sp³-hybridized carbons (Fsp3) is 0.638. The van der Waals surface area contributed by atoms with E-state index in [4.69, 9.17) is 14.2 Å². The molecule has 0 fully saturated rings. The van der Waals surface area contributed by atoms with E-state index in [-0.39, 0.29) is 31.1 Å². The molecule has 0 aliphatic carbocycles. The summed E-state index contributed by atoms with van der Waals surface area (Å²) >= 11 is 0. The Morgan fingerprint density at radius 1 is 0.344 bits per heavy atom. The molecule has 6 heteroatoms. The molecule has 6 nitrogen and oxygen atoms in total. The van der Waals surface area contributed by atoms with E-state index < -0.39 is 6.10 Å². The van der Waals surface area contributed by atoms with Gasteiger partial charge in [-0.05, 0) is 103 Å². The van der Waals surface area contributed by atoms with Crippen LogP contribution in [0.4, 0.5) is 0 Å². The molecule has 0 spiro atoms. The Morgan fingerprint density at radius 2 is 0.672 bits per heavy atom. The highest BCUT2D eigenvalue weighted by atomic mass is 16.6. The molecule has 0 rings (SSSR count). The fourth-order valence-corrected chi connectivity index (χ4v) is 6.74. The maximum atomic E-state index is 12.8. The number of carbonyl (C=O) groups excluding carboxylic acids is 3. The lowest BCUT2D eigenvalue weighted by Gasteiger charge is -2.18. The Labute approximate surface area is 393 Å². The Balaban J connectivity index is 4.49. The quantitative estimate of drug-likeness (QED) is 0.0199. The van der Waals surface area contributed by atoms with Gasteiger partial charge in [0.15, 0.2) is 6.10 Å². The van der Waals surface area contributed by atoms with Crippen molar-refractivity contribution in [3.63, 3.8) is 0 Å². The Hall–Kier alpha value is -3.93. The maximum absolute atomic E-state index is 12.8. The minimum Gasteiger partial charge on any atom is -0.462 e. The first-order valence-electron chi connectivity index (χ1n) is 25.9. The zero-order chi connectivity index (χ0) is 46.5. The molecule has 64 heavy (non-hydrogen) atoms. The van der Waals surface area contributed by atoms with Crippen LogP contribution >= 0.6 is 0 Å². The van der Waals surface area contributed by atoms with Crippen LogP contribution in [0, 0.1) is 0 Å². The maximum Gasteiger partial charge on any atom is 0.306 e. The second kappa shape index (κ2) is 51.7. The zero-order valence-electron chi connectivity index (χ0n) is 41.3. The summed E-state index contributed by atoms with van der Waals surface area (Å²) in [5.41, 5.74) is 0. The van der Waals surface area contributed by atoms with Gasteiger partial charge >= 0.3 is 17.9 Å². The molecule has 0 aromatic rings. The van der Waals surface area contributed by atoms with Crippen molar-refractivity contribution in [1.29, 1.82) is 0 Å². The van der Waals surface area contributed by atoms with Gasteiger partial charge in [-0.15, -0.1) is 0 Å². The first-order valence-corrected chi connectivity index (χ1v) is 25.9. The number of carbonyl (C=O) groups is 3. The van der Waals surface area contributed by atoms with E-state index in [0.29, 0.717) is 19.3 Å². The molecule has 0 aliphatic rings. The molecule has 0 amide bonds. The smallest absolute Gasteiger partial charge is 0.306 e. The van der Waals surface area contributed by atoms with E-state index in [1.807, 2.05) is 0 Å². The minimum absolute atomic E-state index is 0.102. The molecule has 0 aromatic carbocycles. The number of hydrogen-bond donors (Lipinski definition) is 0. The number of ether oxygens (including phenoxy) is 3. The summed E-state index contributed by atoms with van der Waals surface area (Å²) in [6, 6.07) is 0. The van der Waals surface area contributed by atoms with Gasteiger partial charge in [-0.1, -0.05) is 207 Å². The van der Waals surface area contributed by atoms with Crippen molar-refractivity contribution in [3.05, 3.63) is 109 Å². The SMILES string of the molecule is CC/C=C\C/C=C\C/C=C\CCCCCCC(=O)OC(COC(=O)CCCCCCC\C=C/C=C\C=C/C=C\CCCCC)COC(=O)CCCCCCCCC/C=C\C/C=C\CC. The van der Waals surface area contributed by atoms with Crippen LogP contribution in [-0.2, 0) is 28.6 Å².